The molecule has 0 aliphatic carbocycles. The van der Waals surface area contributed by atoms with Gasteiger partial charge in [-0.2, -0.15) is 0 Å². The molecule has 0 spiro atoms. The van der Waals surface area contributed by atoms with Gasteiger partial charge >= 0.3 is 0 Å². The van der Waals surface area contributed by atoms with Crippen LogP contribution in [0.4, 0.5) is 0 Å². The summed E-state index contributed by atoms with van der Waals surface area (Å²) in [5, 5.41) is 0.695. The molecular formula is C11H15ClO. The molecule has 0 N–H and O–H groups in total. The molecule has 0 bridgehead atoms. The van der Waals surface area contributed by atoms with E-state index in [4.69, 9.17) is 16.3 Å². The minimum absolute atomic E-state index is 0.657. The molecule has 0 fully saturated rings. The van der Waals surface area contributed by atoms with Crippen molar-refractivity contribution in [2.45, 2.75) is 20.3 Å². The highest BCUT2D eigenvalue weighted by Gasteiger charge is 2.02. The van der Waals surface area contributed by atoms with Gasteiger partial charge in [-0.25, -0.2) is 0 Å². The second kappa shape index (κ2) is 4.52. The highest BCUT2D eigenvalue weighted by atomic mass is 35.5. The summed E-state index contributed by atoms with van der Waals surface area (Å²) in [7, 11) is 1.63. The summed E-state index contributed by atoms with van der Waals surface area (Å²) in [4.78, 5) is 0. The summed E-state index contributed by atoms with van der Waals surface area (Å²) < 4.78 is 5.07. The van der Waals surface area contributed by atoms with Crippen LogP contribution in [-0.2, 0) is 6.42 Å². The van der Waals surface area contributed by atoms with Crippen molar-refractivity contribution in [1.29, 1.82) is 0 Å². The van der Waals surface area contributed by atoms with Gasteiger partial charge < -0.3 is 4.74 Å². The van der Waals surface area contributed by atoms with Gasteiger partial charge in [-0.15, -0.1) is 0 Å². The molecule has 1 rings (SSSR count). The molecule has 72 valence electrons. The molecule has 13 heavy (non-hydrogen) atoms. The zero-order valence-electron chi connectivity index (χ0n) is 8.30. The lowest BCUT2D eigenvalue weighted by atomic mass is 10.0. The van der Waals surface area contributed by atoms with Crippen LogP contribution in [0.15, 0.2) is 18.2 Å². The van der Waals surface area contributed by atoms with E-state index in [1.54, 1.807) is 7.11 Å². The topological polar surface area (TPSA) is 9.23 Å². The van der Waals surface area contributed by atoms with Crippen molar-refractivity contribution in [1.82, 2.24) is 0 Å². The SMILES string of the molecule is COc1ccc(CC(C)C)cc1Cl. The summed E-state index contributed by atoms with van der Waals surface area (Å²) in [6.45, 7) is 4.39. The van der Waals surface area contributed by atoms with Crippen LogP contribution in [0.5, 0.6) is 5.75 Å². The predicted molar refractivity (Wildman–Crippen MR) is 56.5 cm³/mol. The minimum Gasteiger partial charge on any atom is -0.495 e. The van der Waals surface area contributed by atoms with Crippen LogP contribution in [0, 0.1) is 5.92 Å². The van der Waals surface area contributed by atoms with Crippen LogP contribution in [-0.4, -0.2) is 7.11 Å². The van der Waals surface area contributed by atoms with E-state index in [1.807, 2.05) is 12.1 Å². The van der Waals surface area contributed by atoms with Crippen LogP contribution in [0.3, 0.4) is 0 Å². The van der Waals surface area contributed by atoms with Crippen molar-refractivity contribution in [3.8, 4) is 5.75 Å². The lowest BCUT2D eigenvalue weighted by Gasteiger charge is -2.07. The van der Waals surface area contributed by atoms with Crippen molar-refractivity contribution in [2.24, 2.45) is 5.92 Å². The van der Waals surface area contributed by atoms with E-state index in [1.165, 1.54) is 5.56 Å². The van der Waals surface area contributed by atoms with Crippen LogP contribution in [0.25, 0.3) is 0 Å². The first kappa shape index (κ1) is 10.4. The molecule has 2 heteroatoms. The monoisotopic (exact) mass is 198 g/mol. The number of benzene rings is 1. The van der Waals surface area contributed by atoms with E-state index in [-0.39, 0.29) is 0 Å². The molecule has 1 nitrogen and oxygen atoms in total. The van der Waals surface area contributed by atoms with Crippen LogP contribution >= 0.6 is 11.6 Å². The maximum Gasteiger partial charge on any atom is 0.137 e. The van der Waals surface area contributed by atoms with Crippen molar-refractivity contribution in [3.05, 3.63) is 28.8 Å². The van der Waals surface area contributed by atoms with Gasteiger partial charge in [0.2, 0.25) is 0 Å². The Morgan fingerprint density at radius 3 is 2.54 bits per heavy atom. The van der Waals surface area contributed by atoms with Gasteiger partial charge in [0.1, 0.15) is 5.75 Å². The fourth-order valence-electron chi connectivity index (χ4n) is 1.31. The molecule has 0 heterocycles. The number of hydrogen-bond donors (Lipinski definition) is 0. The Hall–Kier alpha value is -0.690. The normalized spacial score (nSPS) is 10.5. The molecule has 0 unspecified atom stereocenters. The molecule has 0 amide bonds. The molecule has 1 aromatic carbocycles. The molecule has 0 radical (unpaired) electrons. The Morgan fingerprint density at radius 2 is 2.08 bits per heavy atom. The Kier molecular flexibility index (Phi) is 3.61. The molecule has 0 saturated carbocycles. The van der Waals surface area contributed by atoms with E-state index in [0.717, 1.165) is 12.2 Å². The lowest BCUT2D eigenvalue weighted by molar-refractivity contribution is 0.415. The average molecular weight is 199 g/mol. The maximum absolute atomic E-state index is 5.99. The molecule has 0 atom stereocenters. The van der Waals surface area contributed by atoms with Gasteiger partial charge in [0.05, 0.1) is 12.1 Å². The quantitative estimate of drug-likeness (QED) is 0.722. The maximum atomic E-state index is 5.99. The van der Waals surface area contributed by atoms with E-state index >= 15 is 0 Å². The zero-order valence-corrected chi connectivity index (χ0v) is 9.06. The van der Waals surface area contributed by atoms with E-state index in [9.17, 15) is 0 Å². The van der Waals surface area contributed by atoms with Crippen molar-refractivity contribution >= 4 is 11.6 Å². The third-order valence-electron chi connectivity index (χ3n) is 1.86. The van der Waals surface area contributed by atoms with Crippen molar-refractivity contribution in [3.63, 3.8) is 0 Å². The van der Waals surface area contributed by atoms with Crippen molar-refractivity contribution in [2.75, 3.05) is 7.11 Å². The van der Waals surface area contributed by atoms with Crippen molar-refractivity contribution < 1.29 is 4.74 Å². The van der Waals surface area contributed by atoms with Gasteiger partial charge in [0.15, 0.2) is 0 Å². The third-order valence-corrected chi connectivity index (χ3v) is 2.16. The van der Waals surface area contributed by atoms with Gasteiger partial charge in [-0.05, 0) is 30.0 Å². The highest BCUT2D eigenvalue weighted by Crippen LogP contribution is 2.25. The van der Waals surface area contributed by atoms with Crippen LogP contribution in [0.2, 0.25) is 5.02 Å². The summed E-state index contributed by atoms with van der Waals surface area (Å²) in [5.41, 5.74) is 1.26. The summed E-state index contributed by atoms with van der Waals surface area (Å²) in [5.74, 6) is 1.40. The molecule has 0 aromatic heterocycles. The zero-order chi connectivity index (χ0) is 9.84. The smallest absolute Gasteiger partial charge is 0.137 e. The minimum atomic E-state index is 0.657. The summed E-state index contributed by atoms with van der Waals surface area (Å²) in [6, 6.07) is 5.95. The summed E-state index contributed by atoms with van der Waals surface area (Å²) >= 11 is 5.99. The molecule has 0 aliphatic rings. The molecule has 0 aliphatic heterocycles. The fourth-order valence-corrected chi connectivity index (χ4v) is 1.59. The Bertz CT molecular complexity index is 281. The number of methoxy groups -OCH3 is 1. The lowest BCUT2D eigenvalue weighted by Crippen LogP contribution is -1.94. The van der Waals surface area contributed by atoms with Gasteiger partial charge in [-0.3, -0.25) is 0 Å². The highest BCUT2D eigenvalue weighted by molar-refractivity contribution is 6.32. The Morgan fingerprint density at radius 1 is 1.38 bits per heavy atom. The van der Waals surface area contributed by atoms with Gasteiger partial charge in [0.25, 0.3) is 0 Å². The fraction of sp³-hybridized carbons (Fsp3) is 0.455. The summed E-state index contributed by atoms with van der Waals surface area (Å²) in [6.07, 6.45) is 1.06. The number of rotatable bonds is 3. The van der Waals surface area contributed by atoms with E-state index < -0.39 is 0 Å². The van der Waals surface area contributed by atoms with Gasteiger partial charge in [-0.1, -0.05) is 31.5 Å². The Balaban J connectivity index is 2.83. The second-order valence-electron chi connectivity index (χ2n) is 3.57. The first-order valence-electron chi connectivity index (χ1n) is 4.46. The second-order valence-corrected chi connectivity index (χ2v) is 3.97. The number of ether oxygens (including phenoxy) is 1. The molecule has 1 aromatic rings. The van der Waals surface area contributed by atoms with Crippen LogP contribution in [0.1, 0.15) is 19.4 Å². The van der Waals surface area contributed by atoms with Gasteiger partial charge in [0, 0.05) is 0 Å². The standard InChI is InChI=1S/C11H15ClO/c1-8(2)6-9-4-5-11(13-3)10(12)7-9/h4-5,7-8H,6H2,1-3H3. The molecule has 0 saturated heterocycles. The van der Waals surface area contributed by atoms with Crippen LogP contribution < -0.4 is 4.74 Å². The first-order valence-corrected chi connectivity index (χ1v) is 4.83. The van der Waals surface area contributed by atoms with E-state index in [2.05, 4.69) is 19.9 Å². The number of halogens is 1. The predicted octanol–water partition coefficient (Wildman–Crippen LogP) is 3.55. The molecular weight excluding hydrogens is 184 g/mol. The largest absolute Gasteiger partial charge is 0.495 e. The third kappa shape index (κ3) is 2.92. The number of hydrogen-bond acceptors (Lipinski definition) is 1. The van der Waals surface area contributed by atoms with E-state index in [0.29, 0.717) is 10.9 Å². The Labute approximate surface area is 84.7 Å². The first-order chi connectivity index (χ1) is 6.13. The average Bonchev–Trinajstić information content (AvgIpc) is 2.03.